The Morgan fingerprint density at radius 3 is 2.71 bits per heavy atom. The van der Waals surface area contributed by atoms with Crippen molar-refractivity contribution >= 4 is 11.9 Å². The van der Waals surface area contributed by atoms with E-state index in [1.54, 1.807) is 11.9 Å². The summed E-state index contributed by atoms with van der Waals surface area (Å²) in [5, 5.41) is 11.3. The fourth-order valence-electron chi connectivity index (χ4n) is 1.51. The molecule has 0 aromatic carbocycles. The number of nitrogens with zero attached hydrogens (tertiary/aromatic N) is 1. The van der Waals surface area contributed by atoms with Crippen LogP contribution in [0.5, 0.6) is 0 Å². The van der Waals surface area contributed by atoms with Crippen LogP contribution in [0.2, 0.25) is 0 Å². The number of nitrogens with two attached hydrogens (primary N) is 1. The molecule has 4 N–H and O–H groups in total. The van der Waals surface area contributed by atoms with Crippen molar-refractivity contribution < 1.29 is 14.7 Å². The number of carbonyl (C=O) groups is 2. The van der Waals surface area contributed by atoms with Crippen molar-refractivity contribution in [1.29, 1.82) is 0 Å². The minimum atomic E-state index is -1.19. The summed E-state index contributed by atoms with van der Waals surface area (Å²) in [6.45, 7) is 0.995. The smallest absolute Gasteiger partial charge is 0.325 e. The van der Waals surface area contributed by atoms with Gasteiger partial charge in [0.2, 0.25) is 5.91 Å². The molecule has 1 unspecified atom stereocenters. The first-order valence-electron chi connectivity index (χ1n) is 4.43. The van der Waals surface area contributed by atoms with E-state index in [0.717, 1.165) is 0 Å². The molecule has 80 valence electrons. The first kappa shape index (κ1) is 10.9. The Bertz CT molecular complexity index is 256. The van der Waals surface area contributed by atoms with Gasteiger partial charge >= 0.3 is 5.97 Å². The van der Waals surface area contributed by atoms with Crippen molar-refractivity contribution in [2.75, 3.05) is 26.7 Å². The molecular formula is C8H15N3O3. The Morgan fingerprint density at radius 2 is 2.29 bits per heavy atom. The van der Waals surface area contributed by atoms with E-state index in [4.69, 9.17) is 10.8 Å². The van der Waals surface area contributed by atoms with Gasteiger partial charge in [-0.1, -0.05) is 0 Å². The average molecular weight is 201 g/mol. The quantitative estimate of drug-likeness (QED) is 0.501. The van der Waals surface area contributed by atoms with Crippen molar-refractivity contribution in [2.24, 2.45) is 5.73 Å². The third-order valence-electron chi connectivity index (χ3n) is 2.45. The van der Waals surface area contributed by atoms with Gasteiger partial charge in [-0.15, -0.1) is 0 Å². The summed E-state index contributed by atoms with van der Waals surface area (Å²) in [6.07, 6.45) is 0.388. The number of likely N-dealkylation sites (N-methyl/N-ethyl adjacent to an activating group) is 1. The number of carbonyl (C=O) groups excluding carboxylic acids is 1. The van der Waals surface area contributed by atoms with E-state index in [1.807, 2.05) is 0 Å². The van der Waals surface area contributed by atoms with Gasteiger partial charge < -0.3 is 16.2 Å². The van der Waals surface area contributed by atoms with Gasteiger partial charge in [-0.05, 0) is 6.42 Å². The summed E-state index contributed by atoms with van der Waals surface area (Å²) < 4.78 is 0. The second-order valence-corrected chi connectivity index (χ2v) is 3.60. The number of amides is 1. The monoisotopic (exact) mass is 201 g/mol. The van der Waals surface area contributed by atoms with Crippen LogP contribution in [0.4, 0.5) is 0 Å². The number of carboxylic acids is 1. The van der Waals surface area contributed by atoms with E-state index in [0.29, 0.717) is 13.0 Å². The second-order valence-electron chi connectivity index (χ2n) is 3.60. The standard InChI is InChI=1S/C8H15N3O3/c1-10-6(12)4-11-3-2-8(9,5-11)7(13)14/h2-5,9H2,1H3,(H,10,12)(H,13,14). The van der Waals surface area contributed by atoms with E-state index in [2.05, 4.69) is 5.32 Å². The SMILES string of the molecule is CNC(=O)CN1CCC(N)(C(=O)O)C1. The van der Waals surface area contributed by atoms with Crippen molar-refractivity contribution in [3.63, 3.8) is 0 Å². The Morgan fingerprint density at radius 1 is 1.64 bits per heavy atom. The summed E-state index contributed by atoms with van der Waals surface area (Å²) in [5.74, 6) is -1.13. The van der Waals surface area contributed by atoms with Crippen LogP contribution in [0.15, 0.2) is 0 Å². The van der Waals surface area contributed by atoms with E-state index >= 15 is 0 Å². The number of likely N-dealkylation sites (tertiary alicyclic amines) is 1. The lowest BCUT2D eigenvalue weighted by molar-refractivity contribution is -0.143. The Balaban J connectivity index is 2.49. The number of carboxylic acid groups (broad SMARTS) is 1. The molecule has 0 spiro atoms. The Hall–Kier alpha value is -1.14. The van der Waals surface area contributed by atoms with Gasteiger partial charge in [0.05, 0.1) is 6.54 Å². The summed E-state index contributed by atoms with van der Waals surface area (Å²) in [6, 6.07) is 0. The molecule has 1 saturated heterocycles. The largest absolute Gasteiger partial charge is 0.480 e. The van der Waals surface area contributed by atoms with Crippen LogP contribution in [0.25, 0.3) is 0 Å². The molecule has 0 bridgehead atoms. The van der Waals surface area contributed by atoms with Crippen LogP contribution in [-0.4, -0.2) is 54.1 Å². The van der Waals surface area contributed by atoms with E-state index in [1.165, 1.54) is 0 Å². The first-order valence-corrected chi connectivity index (χ1v) is 4.43. The highest BCUT2D eigenvalue weighted by atomic mass is 16.4. The number of hydrogen-bond donors (Lipinski definition) is 3. The van der Waals surface area contributed by atoms with E-state index in [-0.39, 0.29) is 19.0 Å². The van der Waals surface area contributed by atoms with Gasteiger partial charge in [0.15, 0.2) is 0 Å². The minimum Gasteiger partial charge on any atom is -0.480 e. The highest BCUT2D eigenvalue weighted by Crippen LogP contribution is 2.18. The van der Waals surface area contributed by atoms with E-state index < -0.39 is 11.5 Å². The highest BCUT2D eigenvalue weighted by Gasteiger charge is 2.41. The fraction of sp³-hybridized carbons (Fsp3) is 0.750. The molecule has 1 aliphatic heterocycles. The molecule has 6 heteroatoms. The highest BCUT2D eigenvalue weighted by molar-refractivity contribution is 5.80. The fourth-order valence-corrected chi connectivity index (χ4v) is 1.51. The third kappa shape index (κ3) is 2.21. The van der Waals surface area contributed by atoms with Crippen molar-refractivity contribution in [1.82, 2.24) is 10.2 Å². The number of rotatable bonds is 3. The van der Waals surface area contributed by atoms with Gasteiger partial charge in [0, 0.05) is 20.1 Å². The normalized spacial score (nSPS) is 27.6. The third-order valence-corrected chi connectivity index (χ3v) is 2.45. The van der Waals surface area contributed by atoms with Crippen molar-refractivity contribution in [3.05, 3.63) is 0 Å². The minimum absolute atomic E-state index is 0.125. The maximum atomic E-state index is 11.0. The second kappa shape index (κ2) is 3.93. The molecule has 0 saturated carbocycles. The molecule has 0 aromatic rings. The molecule has 1 atom stereocenters. The van der Waals surface area contributed by atoms with Gasteiger partial charge in [-0.25, -0.2) is 0 Å². The molecular weight excluding hydrogens is 186 g/mol. The van der Waals surface area contributed by atoms with Crippen LogP contribution < -0.4 is 11.1 Å². The summed E-state index contributed by atoms with van der Waals surface area (Å²) >= 11 is 0. The number of hydrogen-bond acceptors (Lipinski definition) is 4. The Kier molecular flexibility index (Phi) is 3.07. The van der Waals surface area contributed by atoms with Crippen molar-refractivity contribution in [3.8, 4) is 0 Å². The predicted octanol–water partition coefficient (Wildman–Crippen LogP) is -1.78. The van der Waals surface area contributed by atoms with Crippen molar-refractivity contribution in [2.45, 2.75) is 12.0 Å². The molecule has 1 amide bonds. The van der Waals surface area contributed by atoms with Crippen LogP contribution in [-0.2, 0) is 9.59 Å². The van der Waals surface area contributed by atoms with Crippen LogP contribution >= 0.6 is 0 Å². The lowest BCUT2D eigenvalue weighted by Gasteiger charge is -2.19. The van der Waals surface area contributed by atoms with Gasteiger partial charge in [0.1, 0.15) is 5.54 Å². The van der Waals surface area contributed by atoms with Crippen LogP contribution in [0, 0.1) is 0 Å². The molecule has 0 aliphatic carbocycles. The summed E-state index contributed by atoms with van der Waals surface area (Å²) in [5.41, 5.74) is 4.45. The van der Waals surface area contributed by atoms with Gasteiger partial charge in [-0.2, -0.15) is 0 Å². The van der Waals surface area contributed by atoms with Gasteiger partial charge in [-0.3, -0.25) is 14.5 Å². The van der Waals surface area contributed by atoms with Gasteiger partial charge in [0.25, 0.3) is 0 Å². The summed E-state index contributed by atoms with van der Waals surface area (Å²) in [7, 11) is 1.55. The molecule has 1 heterocycles. The summed E-state index contributed by atoms with van der Waals surface area (Å²) in [4.78, 5) is 23.5. The van der Waals surface area contributed by atoms with Crippen LogP contribution in [0.3, 0.4) is 0 Å². The van der Waals surface area contributed by atoms with E-state index in [9.17, 15) is 9.59 Å². The molecule has 1 fully saturated rings. The number of nitrogens with one attached hydrogen (secondary N) is 1. The Labute approximate surface area is 82.1 Å². The van der Waals surface area contributed by atoms with Crippen LogP contribution in [0.1, 0.15) is 6.42 Å². The zero-order chi connectivity index (χ0) is 10.8. The molecule has 0 aromatic heterocycles. The lowest BCUT2D eigenvalue weighted by atomic mass is 10.0. The maximum absolute atomic E-state index is 11.0. The average Bonchev–Trinajstić information content (AvgIpc) is 2.49. The molecule has 0 radical (unpaired) electrons. The zero-order valence-electron chi connectivity index (χ0n) is 8.12. The lowest BCUT2D eigenvalue weighted by Crippen LogP contribution is -2.50. The zero-order valence-corrected chi connectivity index (χ0v) is 8.12. The molecule has 14 heavy (non-hydrogen) atoms. The first-order chi connectivity index (χ1) is 6.48. The molecule has 1 aliphatic rings. The molecule has 1 rings (SSSR count). The number of aliphatic carboxylic acids is 1. The predicted molar refractivity (Wildman–Crippen MR) is 49.7 cm³/mol. The molecule has 6 nitrogen and oxygen atoms in total. The maximum Gasteiger partial charge on any atom is 0.325 e. The topological polar surface area (TPSA) is 95.7 Å².